The van der Waals surface area contributed by atoms with E-state index in [9.17, 15) is 18.0 Å². The molecule has 1 aromatic heterocycles. The molecule has 0 atom stereocenters. The second-order valence-corrected chi connectivity index (χ2v) is 8.40. The van der Waals surface area contributed by atoms with Crippen LogP contribution in [0.1, 0.15) is 11.3 Å². The van der Waals surface area contributed by atoms with Crippen LogP contribution >= 0.6 is 0 Å². The fraction of sp³-hybridized carbons (Fsp3) is 0.200. The number of hydrogen-bond acceptors (Lipinski definition) is 4. The number of nitrogens with zero attached hydrogens (tertiary/aromatic N) is 3. The van der Waals surface area contributed by atoms with Crippen LogP contribution in [0.5, 0.6) is 0 Å². The third kappa shape index (κ3) is 3.63. The van der Waals surface area contributed by atoms with E-state index in [1.54, 1.807) is 54.6 Å². The highest BCUT2D eigenvalue weighted by molar-refractivity contribution is 7.92. The second-order valence-electron chi connectivity index (χ2n) is 6.53. The topological polar surface area (TPSA) is 81.4 Å². The lowest BCUT2D eigenvalue weighted by Crippen LogP contribution is -2.40. The molecule has 0 aliphatic heterocycles. The number of anilines is 1. The Hall–Kier alpha value is -3.13. The molecule has 3 rings (SSSR count). The summed E-state index contributed by atoms with van der Waals surface area (Å²) in [4.78, 5) is 24.4. The van der Waals surface area contributed by atoms with Gasteiger partial charge in [-0.3, -0.25) is 18.2 Å². The fourth-order valence-electron chi connectivity index (χ4n) is 2.82. The van der Waals surface area contributed by atoms with Crippen LogP contribution in [0.15, 0.2) is 75.1 Å². The van der Waals surface area contributed by atoms with Crippen LogP contribution in [0.2, 0.25) is 0 Å². The summed E-state index contributed by atoms with van der Waals surface area (Å²) in [7, 11) is -1.02. The maximum Gasteiger partial charge on any atom is 0.330 e. The Morgan fingerprint density at radius 3 is 2.11 bits per heavy atom. The number of benzene rings is 2. The van der Waals surface area contributed by atoms with Crippen molar-refractivity contribution in [2.24, 2.45) is 14.1 Å². The number of rotatable bonds is 5. The second kappa shape index (κ2) is 7.47. The summed E-state index contributed by atoms with van der Waals surface area (Å²) in [6, 6.07) is 16.4. The SMILES string of the molecule is Cc1ccc(S(=O)(=O)N(Cc2cc(=O)n(C)c(=O)n2C)c2ccccc2)cc1. The predicted molar refractivity (Wildman–Crippen MR) is 108 cm³/mol. The van der Waals surface area contributed by atoms with Gasteiger partial charge in [-0.15, -0.1) is 0 Å². The van der Waals surface area contributed by atoms with E-state index < -0.39 is 21.3 Å². The quantitative estimate of drug-likeness (QED) is 0.655. The minimum absolute atomic E-state index is 0.135. The molecule has 1 heterocycles. The van der Waals surface area contributed by atoms with E-state index in [4.69, 9.17) is 0 Å². The van der Waals surface area contributed by atoms with Gasteiger partial charge in [-0.25, -0.2) is 13.2 Å². The van der Waals surface area contributed by atoms with Crippen molar-refractivity contribution in [3.63, 3.8) is 0 Å². The molecule has 0 aliphatic carbocycles. The van der Waals surface area contributed by atoms with Crippen LogP contribution in [0.25, 0.3) is 0 Å². The van der Waals surface area contributed by atoms with E-state index >= 15 is 0 Å². The maximum atomic E-state index is 13.4. The Balaban J connectivity index is 2.16. The number of para-hydroxylation sites is 1. The summed E-state index contributed by atoms with van der Waals surface area (Å²) in [6.07, 6.45) is 0. The largest absolute Gasteiger partial charge is 0.330 e. The highest BCUT2D eigenvalue weighted by Crippen LogP contribution is 2.25. The molecule has 0 radical (unpaired) electrons. The third-order valence-corrected chi connectivity index (χ3v) is 6.37. The van der Waals surface area contributed by atoms with Gasteiger partial charge >= 0.3 is 5.69 Å². The molecule has 0 spiro atoms. The summed E-state index contributed by atoms with van der Waals surface area (Å²) in [6.45, 7) is 1.73. The molecule has 0 aliphatic rings. The Bertz CT molecular complexity index is 1210. The van der Waals surface area contributed by atoms with Gasteiger partial charge in [-0.1, -0.05) is 35.9 Å². The van der Waals surface area contributed by atoms with Crippen LogP contribution in [-0.2, 0) is 30.7 Å². The molecule has 28 heavy (non-hydrogen) atoms. The third-order valence-electron chi connectivity index (χ3n) is 4.58. The number of aryl methyl sites for hydroxylation is 1. The number of aromatic nitrogens is 2. The average molecular weight is 399 g/mol. The van der Waals surface area contributed by atoms with Gasteiger partial charge in [-0.2, -0.15) is 0 Å². The normalized spacial score (nSPS) is 11.4. The van der Waals surface area contributed by atoms with E-state index in [-0.39, 0.29) is 11.4 Å². The van der Waals surface area contributed by atoms with Gasteiger partial charge in [0.05, 0.1) is 17.1 Å². The van der Waals surface area contributed by atoms with Gasteiger partial charge in [0.1, 0.15) is 0 Å². The monoisotopic (exact) mass is 399 g/mol. The van der Waals surface area contributed by atoms with Crippen LogP contribution in [0.4, 0.5) is 5.69 Å². The van der Waals surface area contributed by atoms with Crippen molar-refractivity contribution in [3.8, 4) is 0 Å². The number of sulfonamides is 1. The van der Waals surface area contributed by atoms with Crippen molar-refractivity contribution in [1.82, 2.24) is 9.13 Å². The molecular formula is C20H21N3O4S. The molecule has 8 heteroatoms. The fourth-order valence-corrected chi connectivity index (χ4v) is 4.26. The lowest BCUT2D eigenvalue weighted by molar-refractivity contribution is 0.586. The van der Waals surface area contributed by atoms with Gasteiger partial charge in [0, 0.05) is 25.9 Å². The van der Waals surface area contributed by atoms with E-state index in [2.05, 4.69) is 0 Å². The molecule has 0 N–H and O–H groups in total. The molecule has 7 nitrogen and oxygen atoms in total. The highest BCUT2D eigenvalue weighted by Gasteiger charge is 2.26. The van der Waals surface area contributed by atoms with Crippen LogP contribution in [-0.4, -0.2) is 17.6 Å². The zero-order valence-corrected chi connectivity index (χ0v) is 16.7. The summed E-state index contributed by atoms with van der Waals surface area (Å²) in [5.74, 6) is 0. The van der Waals surface area contributed by atoms with Crippen LogP contribution in [0.3, 0.4) is 0 Å². The molecule has 2 aromatic carbocycles. The van der Waals surface area contributed by atoms with Crippen molar-refractivity contribution in [2.75, 3.05) is 4.31 Å². The summed E-state index contributed by atoms with van der Waals surface area (Å²) >= 11 is 0. The zero-order valence-electron chi connectivity index (χ0n) is 15.9. The Morgan fingerprint density at radius 1 is 0.893 bits per heavy atom. The molecule has 0 unspecified atom stereocenters. The Morgan fingerprint density at radius 2 is 1.50 bits per heavy atom. The maximum absolute atomic E-state index is 13.4. The van der Waals surface area contributed by atoms with E-state index in [1.807, 2.05) is 6.92 Å². The van der Waals surface area contributed by atoms with E-state index in [1.165, 1.54) is 29.0 Å². The molecule has 0 amide bonds. The standard InChI is InChI=1S/C20H21N3O4S/c1-15-9-11-18(12-10-15)28(26,27)23(16-7-5-4-6-8-16)14-17-13-19(24)22(3)20(25)21(17)2/h4-13H,14H2,1-3H3. The predicted octanol–water partition coefficient (Wildman–Crippen LogP) is 1.79. The van der Waals surface area contributed by atoms with Crippen molar-refractivity contribution in [3.05, 3.63) is 92.8 Å². The van der Waals surface area contributed by atoms with Crippen molar-refractivity contribution < 1.29 is 8.42 Å². The van der Waals surface area contributed by atoms with Gasteiger partial charge in [-0.05, 0) is 31.2 Å². The first-order valence-electron chi connectivity index (χ1n) is 8.62. The minimum Gasteiger partial charge on any atom is -0.299 e. The highest BCUT2D eigenvalue weighted by atomic mass is 32.2. The molecule has 0 bridgehead atoms. The molecule has 0 fully saturated rings. The Labute approximate surface area is 163 Å². The summed E-state index contributed by atoms with van der Waals surface area (Å²) < 4.78 is 30.2. The van der Waals surface area contributed by atoms with E-state index in [0.29, 0.717) is 11.4 Å². The van der Waals surface area contributed by atoms with Gasteiger partial charge in [0.2, 0.25) is 0 Å². The van der Waals surface area contributed by atoms with Crippen molar-refractivity contribution >= 4 is 15.7 Å². The van der Waals surface area contributed by atoms with Gasteiger partial charge in [0.25, 0.3) is 15.6 Å². The molecule has 3 aromatic rings. The van der Waals surface area contributed by atoms with Crippen molar-refractivity contribution in [1.29, 1.82) is 0 Å². The van der Waals surface area contributed by atoms with E-state index in [0.717, 1.165) is 10.1 Å². The molecular weight excluding hydrogens is 378 g/mol. The van der Waals surface area contributed by atoms with Crippen LogP contribution < -0.4 is 15.6 Å². The van der Waals surface area contributed by atoms with Crippen molar-refractivity contribution in [2.45, 2.75) is 18.4 Å². The first kappa shape index (κ1) is 19.6. The Kier molecular flexibility index (Phi) is 5.24. The summed E-state index contributed by atoms with van der Waals surface area (Å²) in [5.41, 5.74) is 0.685. The van der Waals surface area contributed by atoms with Crippen LogP contribution in [0, 0.1) is 6.92 Å². The number of hydrogen-bond donors (Lipinski definition) is 0. The molecule has 0 saturated carbocycles. The smallest absolute Gasteiger partial charge is 0.299 e. The lowest BCUT2D eigenvalue weighted by atomic mass is 10.2. The molecule has 0 saturated heterocycles. The molecule has 146 valence electrons. The van der Waals surface area contributed by atoms with Gasteiger partial charge < -0.3 is 0 Å². The average Bonchev–Trinajstić information content (AvgIpc) is 2.69. The zero-order chi connectivity index (χ0) is 20.5. The first-order chi connectivity index (χ1) is 13.2. The summed E-state index contributed by atoms with van der Waals surface area (Å²) in [5, 5.41) is 0. The minimum atomic E-state index is -3.91. The first-order valence-corrected chi connectivity index (χ1v) is 10.1. The lowest BCUT2D eigenvalue weighted by Gasteiger charge is -2.25. The van der Waals surface area contributed by atoms with Gasteiger partial charge in [0.15, 0.2) is 0 Å².